The Kier molecular flexibility index (Phi) is 7.52. The number of benzene rings is 2. The zero-order valence-corrected chi connectivity index (χ0v) is 17.1. The van der Waals surface area contributed by atoms with Gasteiger partial charge in [0.15, 0.2) is 0 Å². The molecule has 0 saturated carbocycles. The number of hydrogen-bond acceptors (Lipinski definition) is 3. The lowest BCUT2D eigenvalue weighted by molar-refractivity contribution is -0.119. The third kappa shape index (κ3) is 5.79. The first-order valence-electron chi connectivity index (χ1n) is 9.37. The summed E-state index contributed by atoms with van der Waals surface area (Å²) in [5.74, 6) is -0.307. The predicted molar refractivity (Wildman–Crippen MR) is 116 cm³/mol. The quantitative estimate of drug-likeness (QED) is 0.682. The minimum absolute atomic E-state index is 0.111. The maximum Gasteiger partial charge on any atom is 0.238 e. The third-order valence-corrected chi connectivity index (χ3v) is 4.61. The predicted octanol–water partition coefficient (Wildman–Crippen LogP) is 3.99. The van der Waals surface area contributed by atoms with Crippen molar-refractivity contribution in [2.45, 2.75) is 27.7 Å². The fraction of sp³-hybridized carbons (Fsp3) is 0.304. The van der Waals surface area contributed by atoms with Crippen molar-refractivity contribution >= 4 is 23.2 Å². The second-order valence-electron chi connectivity index (χ2n) is 7.09. The second kappa shape index (κ2) is 9.85. The Morgan fingerprint density at radius 1 is 0.821 bits per heavy atom. The molecule has 0 unspecified atom stereocenters. The van der Waals surface area contributed by atoms with Crippen molar-refractivity contribution in [1.82, 2.24) is 4.90 Å². The Bertz CT molecular complexity index is 766. The summed E-state index contributed by atoms with van der Waals surface area (Å²) in [7, 11) is 0. The summed E-state index contributed by atoms with van der Waals surface area (Å²) in [6, 6.07) is 11.8. The van der Waals surface area contributed by atoms with Gasteiger partial charge in [-0.2, -0.15) is 0 Å². The Hall–Kier alpha value is -2.92. The Morgan fingerprint density at radius 3 is 1.50 bits per heavy atom. The molecule has 0 heterocycles. The molecule has 0 aliphatic rings. The van der Waals surface area contributed by atoms with Crippen LogP contribution in [0.4, 0.5) is 11.4 Å². The average Bonchev–Trinajstić information content (AvgIpc) is 2.62. The molecule has 5 heteroatoms. The molecule has 0 aliphatic carbocycles. The van der Waals surface area contributed by atoms with Gasteiger partial charge in [0.05, 0.1) is 13.1 Å². The largest absolute Gasteiger partial charge is 0.324 e. The summed E-state index contributed by atoms with van der Waals surface area (Å²) in [6.07, 6.45) is 1.69. The summed E-state index contributed by atoms with van der Waals surface area (Å²) in [5.41, 5.74) is 5.69. The van der Waals surface area contributed by atoms with E-state index in [2.05, 4.69) is 17.2 Å². The molecule has 2 amide bonds. The first-order valence-corrected chi connectivity index (χ1v) is 9.37. The summed E-state index contributed by atoms with van der Waals surface area (Å²) >= 11 is 0. The number of amides is 2. The van der Waals surface area contributed by atoms with Crippen LogP contribution < -0.4 is 10.6 Å². The van der Waals surface area contributed by atoms with Gasteiger partial charge < -0.3 is 10.6 Å². The van der Waals surface area contributed by atoms with Crippen LogP contribution in [0.3, 0.4) is 0 Å². The van der Waals surface area contributed by atoms with Crippen LogP contribution in [0, 0.1) is 27.7 Å². The van der Waals surface area contributed by atoms with Crippen LogP contribution in [-0.2, 0) is 9.59 Å². The van der Waals surface area contributed by atoms with E-state index in [-0.39, 0.29) is 24.9 Å². The number of hydrogen-bond donors (Lipinski definition) is 2. The van der Waals surface area contributed by atoms with E-state index in [1.165, 1.54) is 0 Å². The number of nitrogens with zero attached hydrogens (tertiary/aromatic N) is 1. The van der Waals surface area contributed by atoms with Gasteiger partial charge in [-0.3, -0.25) is 14.5 Å². The molecule has 0 spiro atoms. The van der Waals surface area contributed by atoms with E-state index in [0.29, 0.717) is 6.54 Å². The lowest BCUT2D eigenvalue weighted by Crippen LogP contribution is -2.39. The first-order chi connectivity index (χ1) is 13.3. The SMILES string of the molecule is C=CCN(CC(=O)Nc1c(C)cccc1C)CC(=O)Nc1c(C)cccc1C. The van der Waals surface area contributed by atoms with Gasteiger partial charge in [-0.1, -0.05) is 42.5 Å². The molecule has 0 radical (unpaired) electrons. The molecule has 5 nitrogen and oxygen atoms in total. The highest BCUT2D eigenvalue weighted by Gasteiger charge is 2.16. The number of carbonyl (C=O) groups is 2. The third-order valence-electron chi connectivity index (χ3n) is 4.61. The maximum atomic E-state index is 12.5. The zero-order valence-electron chi connectivity index (χ0n) is 17.1. The van der Waals surface area contributed by atoms with Crippen LogP contribution in [0.1, 0.15) is 22.3 Å². The lowest BCUT2D eigenvalue weighted by Gasteiger charge is -2.21. The Labute approximate surface area is 167 Å². The highest BCUT2D eigenvalue weighted by molar-refractivity contribution is 5.96. The average molecular weight is 380 g/mol. The fourth-order valence-electron chi connectivity index (χ4n) is 3.15. The molecule has 2 rings (SSSR count). The van der Waals surface area contributed by atoms with Crippen LogP contribution in [0.25, 0.3) is 0 Å². The topological polar surface area (TPSA) is 61.4 Å². The van der Waals surface area contributed by atoms with Gasteiger partial charge in [-0.15, -0.1) is 6.58 Å². The minimum Gasteiger partial charge on any atom is -0.324 e. The van der Waals surface area contributed by atoms with Crippen LogP contribution in [-0.4, -0.2) is 36.3 Å². The number of rotatable bonds is 8. The minimum atomic E-state index is -0.154. The summed E-state index contributed by atoms with van der Waals surface area (Å²) in [6.45, 7) is 12.2. The van der Waals surface area contributed by atoms with E-state index in [0.717, 1.165) is 33.6 Å². The van der Waals surface area contributed by atoms with E-state index in [1.807, 2.05) is 64.1 Å². The zero-order chi connectivity index (χ0) is 20.7. The van der Waals surface area contributed by atoms with Gasteiger partial charge in [0.2, 0.25) is 11.8 Å². The second-order valence-corrected chi connectivity index (χ2v) is 7.09. The Morgan fingerprint density at radius 2 is 1.18 bits per heavy atom. The smallest absolute Gasteiger partial charge is 0.238 e. The van der Waals surface area contributed by atoms with Crippen LogP contribution in [0.5, 0.6) is 0 Å². The van der Waals surface area contributed by atoms with E-state index >= 15 is 0 Å². The molecule has 2 aromatic rings. The number of para-hydroxylation sites is 2. The molecule has 0 saturated heterocycles. The number of nitrogens with one attached hydrogen (secondary N) is 2. The molecule has 2 aromatic carbocycles. The van der Waals surface area contributed by atoms with Crippen molar-refractivity contribution in [3.8, 4) is 0 Å². The van der Waals surface area contributed by atoms with E-state index in [9.17, 15) is 9.59 Å². The molecule has 0 bridgehead atoms. The fourth-order valence-corrected chi connectivity index (χ4v) is 3.15. The molecular formula is C23H29N3O2. The maximum absolute atomic E-state index is 12.5. The number of carbonyl (C=O) groups excluding carboxylic acids is 2. The van der Waals surface area contributed by atoms with Gasteiger partial charge in [0, 0.05) is 17.9 Å². The number of anilines is 2. The molecule has 0 aromatic heterocycles. The summed E-state index contributed by atoms with van der Waals surface area (Å²) in [5, 5.41) is 5.92. The normalized spacial score (nSPS) is 10.6. The molecular weight excluding hydrogens is 350 g/mol. The van der Waals surface area contributed by atoms with Crippen molar-refractivity contribution in [1.29, 1.82) is 0 Å². The molecule has 0 atom stereocenters. The standard InChI is InChI=1S/C23H29N3O2/c1-6-13-26(14-20(27)24-22-16(2)9-7-10-17(22)3)15-21(28)25-23-18(4)11-8-12-19(23)5/h6-12H,1,13-15H2,2-5H3,(H,24,27)(H,25,28). The molecule has 0 aliphatic heterocycles. The van der Waals surface area contributed by atoms with Crippen molar-refractivity contribution < 1.29 is 9.59 Å². The van der Waals surface area contributed by atoms with E-state index < -0.39 is 0 Å². The van der Waals surface area contributed by atoms with Crippen molar-refractivity contribution in [2.75, 3.05) is 30.3 Å². The highest BCUT2D eigenvalue weighted by atomic mass is 16.2. The van der Waals surface area contributed by atoms with Gasteiger partial charge in [-0.25, -0.2) is 0 Å². The molecule has 2 N–H and O–H groups in total. The van der Waals surface area contributed by atoms with Gasteiger partial charge in [0.25, 0.3) is 0 Å². The van der Waals surface area contributed by atoms with Crippen LogP contribution >= 0.6 is 0 Å². The highest BCUT2D eigenvalue weighted by Crippen LogP contribution is 2.20. The van der Waals surface area contributed by atoms with Crippen molar-refractivity contribution in [3.63, 3.8) is 0 Å². The van der Waals surface area contributed by atoms with Crippen molar-refractivity contribution in [2.24, 2.45) is 0 Å². The summed E-state index contributed by atoms with van der Waals surface area (Å²) < 4.78 is 0. The van der Waals surface area contributed by atoms with Gasteiger partial charge >= 0.3 is 0 Å². The van der Waals surface area contributed by atoms with E-state index in [1.54, 1.807) is 11.0 Å². The Balaban J connectivity index is 2.01. The van der Waals surface area contributed by atoms with Crippen LogP contribution in [0.15, 0.2) is 49.1 Å². The van der Waals surface area contributed by atoms with Crippen LogP contribution in [0.2, 0.25) is 0 Å². The van der Waals surface area contributed by atoms with Gasteiger partial charge in [0.1, 0.15) is 0 Å². The van der Waals surface area contributed by atoms with E-state index in [4.69, 9.17) is 0 Å². The molecule has 28 heavy (non-hydrogen) atoms. The monoisotopic (exact) mass is 379 g/mol. The number of aryl methyl sites for hydroxylation is 4. The first kappa shape index (κ1) is 21.4. The van der Waals surface area contributed by atoms with Crippen molar-refractivity contribution in [3.05, 3.63) is 71.3 Å². The lowest BCUT2D eigenvalue weighted by atomic mass is 10.1. The summed E-state index contributed by atoms with van der Waals surface area (Å²) in [4.78, 5) is 26.8. The molecule has 0 fully saturated rings. The molecule has 148 valence electrons. The van der Waals surface area contributed by atoms with Gasteiger partial charge in [-0.05, 0) is 49.9 Å².